The summed E-state index contributed by atoms with van der Waals surface area (Å²) >= 11 is 0. The summed E-state index contributed by atoms with van der Waals surface area (Å²) < 4.78 is 25.6. The van der Waals surface area contributed by atoms with Gasteiger partial charge in [0.1, 0.15) is 11.4 Å². The highest BCUT2D eigenvalue weighted by Gasteiger charge is 2.24. The number of rotatable bonds is 6. The number of nitrogens with zero attached hydrogens (tertiary/aromatic N) is 2. The van der Waals surface area contributed by atoms with E-state index in [0.717, 1.165) is 4.31 Å². The molecule has 1 aromatic carbocycles. The van der Waals surface area contributed by atoms with Crippen molar-refractivity contribution in [2.24, 2.45) is 0 Å². The molecule has 0 aromatic heterocycles. The molecule has 0 saturated carbocycles. The molecule has 1 aromatic rings. The number of hydrogen-bond donors (Lipinski definition) is 1. The van der Waals surface area contributed by atoms with E-state index in [2.05, 4.69) is 5.92 Å². The zero-order valence-electron chi connectivity index (χ0n) is 11.3. The number of carbonyl (C=O) groups is 1. The third-order valence-electron chi connectivity index (χ3n) is 2.57. The quantitative estimate of drug-likeness (QED) is 0.772. The summed E-state index contributed by atoms with van der Waals surface area (Å²) in [5.41, 5.74) is 0.279. The molecule has 0 bridgehead atoms. The molecule has 0 amide bonds. The van der Waals surface area contributed by atoms with Crippen molar-refractivity contribution in [2.45, 2.75) is 4.90 Å². The summed E-state index contributed by atoms with van der Waals surface area (Å²) in [6.07, 6.45) is 5.22. The Morgan fingerprint density at radius 3 is 2.45 bits per heavy atom. The molecule has 6 nitrogen and oxygen atoms in total. The maximum Gasteiger partial charge on any atom is 0.323 e. The van der Waals surface area contributed by atoms with Gasteiger partial charge >= 0.3 is 5.97 Å². The summed E-state index contributed by atoms with van der Waals surface area (Å²) in [5.74, 6) is 1.25. The van der Waals surface area contributed by atoms with Crippen LogP contribution in [0.3, 0.4) is 0 Å². The number of para-hydroxylation sites is 1. The first kappa shape index (κ1) is 16.0. The van der Waals surface area contributed by atoms with Gasteiger partial charge in [-0.1, -0.05) is 18.1 Å². The van der Waals surface area contributed by atoms with E-state index in [0.29, 0.717) is 0 Å². The van der Waals surface area contributed by atoms with Crippen LogP contribution in [0.2, 0.25) is 0 Å². The molecule has 0 heterocycles. The van der Waals surface area contributed by atoms with E-state index in [9.17, 15) is 13.2 Å². The lowest BCUT2D eigenvalue weighted by molar-refractivity contribution is -0.135. The van der Waals surface area contributed by atoms with Crippen LogP contribution >= 0.6 is 0 Å². The smallest absolute Gasteiger partial charge is 0.323 e. The van der Waals surface area contributed by atoms with Gasteiger partial charge in [-0.15, -0.1) is 6.42 Å². The van der Waals surface area contributed by atoms with Gasteiger partial charge in [-0.25, -0.2) is 12.7 Å². The Kier molecular flexibility index (Phi) is 5.13. The maximum absolute atomic E-state index is 12.2. The number of anilines is 1. The van der Waals surface area contributed by atoms with Crippen molar-refractivity contribution in [1.29, 1.82) is 0 Å². The van der Waals surface area contributed by atoms with Gasteiger partial charge in [-0.05, 0) is 12.1 Å². The number of carboxylic acid groups (broad SMARTS) is 1. The third kappa shape index (κ3) is 3.50. The van der Waals surface area contributed by atoms with E-state index < -0.39 is 16.0 Å². The van der Waals surface area contributed by atoms with Crippen LogP contribution < -0.4 is 4.90 Å². The first-order valence-corrected chi connectivity index (χ1v) is 7.16. The van der Waals surface area contributed by atoms with Gasteiger partial charge in [0.25, 0.3) is 0 Å². The maximum atomic E-state index is 12.2. The molecule has 0 unspecified atom stereocenters. The average molecular weight is 296 g/mol. The number of terminal acetylenes is 1. The second-order valence-electron chi connectivity index (χ2n) is 4.21. The molecule has 0 fully saturated rings. The molecule has 20 heavy (non-hydrogen) atoms. The lowest BCUT2D eigenvalue weighted by Gasteiger charge is -2.24. The molecule has 108 valence electrons. The molecule has 0 atom stereocenters. The minimum absolute atomic E-state index is 0.00621. The standard InChI is InChI=1S/C13H16N2O4S/c1-4-9-15(10-13(16)17)11-7-5-6-8-12(11)20(18,19)14(2)3/h1,5-8H,9-10H2,2-3H3,(H,16,17). The predicted molar refractivity (Wildman–Crippen MR) is 76.0 cm³/mol. The lowest BCUT2D eigenvalue weighted by atomic mass is 10.3. The van der Waals surface area contributed by atoms with Gasteiger partial charge < -0.3 is 10.0 Å². The lowest BCUT2D eigenvalue weighted by Crippen LogP contribution is -2.32. The van der Waals surface area contributed by atoms with Gasteiger partial charge in [0.2, 0.25) is 10.0 Å². The fraction of sp³-hybridized carbons (Fsp3) is 0.308. The highest BCUT2D eigenvalue weighted by molar-refractivity contribution is 7.89. The normalized spacial score (nSPS) is 11.1. The van der Waals surface area contributed by atoms with Crippen molar-refractivity contribution in [2.75, 3.05) is 32.1 Å². The highest BCUT2D eigenvalue weighted by Crippen LogP contribution is 2.26. The van der Waals surface area contributed by atoms with Crippen LogP contribution in [0.5, 0.6) is 0 Å². The number of carboxylic acids is 1. The molecule has 1 rings (SSSR count). The Morgan fingerprint density at radius 2 is 1.95 bits per heavy atom. The van der Waals surface area contributed by atoms with Crippen molar-refractivity contribution in [3.05, 3.63) is 24.3 Å². The summed E-state index contributed by atoms with van der Waals surface area (Å²) in [4.78, 5) is 12.2. The fourth-order valence-corrected chi connectivity index (χ4v) is 2.74. The van der Waals surface area contributed by atoms with Crippen LogP contribution in [0, 0.1) is 12.3 Å². The second-order valence-corrected chi connectivity index (χ2v) is 6.33. The number of aliphatic carboxylic acids is 1. The van der Waals surface area contributed by atoms with Crippen LogP contribution in [-0.2, 0) is 14.8 Å². The summed E-state index contributed by atoms with van der Waals surface area (Å²) in [6, 6.07) is 6.18. The van der Waals surface area contributed by atoms with Crippen LogP contribution in [0.15, 0.2) is 29.2 Å². The summed E-state index contributed by atoms with van der Waals surface area (Å²) in [6.45, 7) is -0.365. The first-order valence-electron chi connectivity index (χ1n) is 5.72. The molecule has 0 aliphatic heterocycles. The van der Waals surface area contributed by atoms with E-state index >= 15 is 0 Å². The average Bonchev–Trinajstić information content (AvgIpc) is 2.37. The summed E-state index contributed by atoms with van der Waals surface area (Å²) in [5, 5.41) is 8.90. The van der Waals surface area contributed by atoms with E-state index in [1.54, 1.807) is 12.1 Å². The molecular weight excluding hydrogens is 280 g/mol. The molecule has 7 heteroatoms. The zero-order valence-corrected chi connectivity index (χ0v) is 12.1. The number of sulfonamides is 1. The van der Waals surface area contributed by atoms with E-state index in [1.807, 2.05) is 0 Å². The van der Waals surface area contributed by atoms with E-state index in [4.69, 9.17) is 11.5 Å². The van der Waals surface area contributed by atoms with Crippen LogP contribution in [-0.4, -0.2) is 51.0 Å². The predicted octanol–water partition coefficient (Wildman–Crippen LogP) is 0.461. The van der Waals surface area contributed by atoms with Crippen LogP contribution in [0.25, 0.3) is 0 Å². The van der Waals surface area contributed by atoms with Gasteiger partial charge in [-0.3, -0.25) is 4.79 Å². The summed E-state index contributed by atoms with van der Waals surface area (Å²) in [7, 11) is -0.853. The fourth-order valence-electron chi connectivity index (χ4n) is 1.63. The largest absolute Gasteiger partial charge is 0.480 e. The Balaban J connectivity index is 3.38. The SMILES string of the molecule is C#CCN(CC(=O)O)c1ccccc1S(=O)(=O)N(C)C. The third-order valence-corrected chi connectivity index (χ3v) is 4.44. The van der Waals surface area contributed by atoms with E-state index in [-0.39, 0.29) is 23.7 Å². The van der Waals surface area contributed by atoms with E-state index in [1.165, 1.54) is 31.1 Å². The molecule has 1 N–H and O–H groups in total. The highest BCUT2D eigenvalue weighted by atomic mass is 32.2. The second kappa shape index (κ2) is 6.41. The van der Waals surface area contributed by atoms with Crippen molar-refractivity contribution in [3.8, 4) is 12.3 Å². The Hall–Kier alpha value is -2.04. The molecule has 0 aliphatic rings. The minimum atomic E-state index is -3.68. The van der Waals surface area contributed by atoms with Crippen molar-refractivity contribution in [3.63, 3.8) is 0 Å². The monoisotopic (exact) mass is 296 g/mol. The number of benzene rings is 1. The van der Waals surface area contributed by atoms with Crippen molar-refractivity contribution < 1.29 is 18.3 Å². The van der Waals surface area contributed by atoms with Gasteiger partial charge in [0.05, 0.1) is 12.2 Å². The topological polar surface area (TPSA) is 77.9 Å². The van der Waals surface area contributed by atoms with Gasteiger partial charge in [0, 0.05) is 14.1 Å². The zero-order chi connectivity index (χ0) is 15.3. The van der Waals surface area contributed by atoms with Crippen LogP contribution in [0.1, 0.15) is 0 Å². The molecule has 0 radical (unpaired) electrons. The molecule has 0 aliphatic carbocycles. The Morgan fingerprint density at radius 1 is 1.35 bits per heavy atom. The van der Waals surface area contributed by atoms with Crippen molar-refractivity contribution in [1.82, 2.24) is 4.31 Å². The molecule has 0 saturated heterocycles. The van der Waals surface area contributed by atoms with Gasteiger partial charge in [0.15, 0.2) is 0 Å². The first-order chi connectivity index (χ1) is 9.30. The minimum Gasteiger partial charge on any atom is -0.480 e. The van der Waals surface area contributed by atoms with Crippen LogP contribution in [0.4, 0.5) is 5.69 Å². The molecule has 0 spiro atoms. The van der Waals surface area contributed by atoms with Crippen molar-refractivity contribution >= 4 is 21.7 Å². The Bertz CT molecular complexity index is 632. The van der Waals surface area contributed by atoms with Gasteiger partial charge in [-0.2, -0.15) is 0 Å². The molecular formula is C13H16N2O4S. The Labute approximate surface area is 118 Å². The number of hydrogen-bond acceptors (Lipinski definition) is 4.